The van der Waals surface area contributed by atoms with Crippen molar-refractivity contribution in [2.75, 3.05) is 26.4 Å². The number of carbonyl (C=O) groups excluding carboxylic acids is 1. The molecule has 0 saturated carbocycles. The Kier molecular flexibility index (Phi) is 12.9. The van der Waals surface area contributed by atoms with E-state index in [9.17, 15) is 9.59 Å². The number of aliphatic carboxylic acids is 1. The number of carbonyl (C=O) groups is 2. The van der Waals surface area contributed by atoms with Crippen LogP contribution in [0.15, 0.2) is 24.8 Å². The molecule has 0 heterocycles. The average Bonchev–Trinajstić information content (AvgIpc) is 2.29. The molecule has 0 bridgehead atoms. The molecule has 0 rings (SSSR count). The molecular formula is C11H19NO5. The van der Waals surface area contributed by atoms with Gasteiger partial charge in [0.2, 0.25) is 5.91 Å². The van der Waals surface area contributed by atoms with Crippen LogP contribution in [0.3, 0.4) is 0 Å². The summed E-state index contributed by atoms with van der Waals surface area (Å²) < 4.78 is 4.88. The Morgan fingerprint density at radius 3 is 2.29 bits per heavy atom. The maximum absolute atomic E-state index is 10.5. The Labute approximate surface area is 101 Å². The molecule has 0 aliphatic carbocycles. The molecule has 0 radical (unpaired) electrons. The van der Waals surface area contributed by atoms with Gasteiger partial charge < -0.3 is 20.3 Å². The summed E-state index contributed by atoms with van der Waals surface area (Å²) in [7, 11) is 0. The van der Waals surface area contributed by atoms with E-state index in [0.717, 1.165) is 0 Å². The first-order chi connectivity index (χ1) is 7.95. The van der Waals surface area contributed by atoms with E-state index in [1.807, 2.05) is 0 Å². The molecule has 0 aromatic carbocycles. The van der Waals surface area contributed by atoms with Crippen LogP contribution >= 0.6 is 0 Å². The number of hydrogen-bond donors (Lipinski definition) is 3. The van der Waals surface area contributed by atoms with Crippen LogP contribution in [0.4, 0.5) is 0 Å². The molecule has 0 unspecified atom stereocenters. The maximum Gasteiger partial charge on any atom is 0.330 e. The van der Waals surface area contributed by atoms with Crippen LogP contribution in [-0.2, 0) is 14.3 Å². The third-order valence-electron chi connectivity index (χ3n) is 1.33. The number of aliphatic hydroxyl groups excluding tert-OH is 1. The van der Waals surface area contributed by atoms with Crippen LogP contribution in [0.5, 0.6) is 0 Å². The highest BCUT2D eigenvalue weighted by Gasteiger charge is 1.91. The van der Waals surface area contributed by atoms with Crippen molar-refractivity contribution in [3.63, 3.8) is 0 Å². The summed E-state index contributed by atoms with van der Waals surface area (Å²) in [5.41, 5.74) is 0.176. The van der Waals surface area contributed by atoms with E-state index in [-0.39, 0.29) is 18.1 Å². The monoisotopic (exact) mass is 245 g/mol. The van der Waals surface area contributed by atoms with Gasteiger partial charge in [0.15, 0.2) is 0 Å². The zero-order valence-electron chi connectivity index (χ0n) is 9.94. The van der Waals surface area contributed by atoms with Crippen molar-refractivity contribution in [3.05, 3.63) is 24.8 Å². The molecule has 0 spiro atoms. The molecular weight excluding hydrogens is 226 g/mol. The number of aliphatic hydroxyl groups is 1. The topological polar surface area (TPSA) is 95.9 Å². The third kappa shape index (κ3) is 17.0. The predicted molar refractivity (Wildman–Crippen MR) is 63.6 cm³/mol. The second-order valence-electron chi connectivity index (χ2n) is 2.92. The molecule has 0 aliphatic heterocycles. The van der Waals surface area contributed by atoms with Gasteiger partial charge in [-0.1, -0.05) is 13.2 Å². The van der Waals surface area contributed by atoms with Crippen LogP contribution < -0.4 is 5.32 Å². The summed E-state index contributed by atoms with van der Waals surface area (Å²) in [6.45, 7) is 9.07. The standard InChI is InChI=1S/C7H13NO3.C4H6O2/c1-2-7(10)8-3-5-11-6-4-9;1-3(2)4(5)6/h2,9H,1,3-6H2,(H,8,10);1H2,2H3,(H,5,6). The van der Waals surface area contributed by atoms with Crippen molar-refractivity contribution in [1.29, 1.82) is 0 Å². The first-order valence-electron chi connectivity index (χ1n) is 4.93. The summed E-state index contributed by atoms with van der Waals surface area (Å²) >= 11 is 0. The van der Waals surface area contributed by atoms with Crippen LogP contribution in [-0.4, -0.2) is 48.5 Å². The molecule has 98 valence electrons. The van der Waals surface area contributed by atoms with Gasteiger partial charge in [0, 0.05) is 12.1 Å². The van der Waals surface area contributed by atoms with Gasteiger partial charge >= 0.3 is 5.97 Å². The Balaban J connectivity index is 0. The fourth-order valence-electron chi connectivity index (χ4n) is 0.485. The van der Waals surface area contributed by atoms with Gasteiger partial charge in [0.1, 0.15) is 0 Å². The number of nitrogens with one attached hydrogen (secondary N) is 1. The quantitative estimate of drug-likeness (QED) is 0.431. The molecule has 17 heavy (non-hydrogen) atoms. The lowest BCUT2D eigenvalue weighted by Gasteiger charge is -2.01. The van der Waals surface area contributed by atoms with Gasteiger partial charge in [-0.3, -0.25) is 4.79 Å². The Morgan fingerprint density at radius 2 is 1.94 bits per heavy atom. The number of hydrogen-bond acceptors (Lipinski definition) is 4. The highest BCUT2D eigenvalue weighted by Crippen LogP contribution is 1.81. The molecule has 0 atom stereocenters. The molecule has 0 aromatic rings. The van der Waals surface area contributed by atoms with Crippen LogP contribution in [0.1, 0.15) is 6.92 Å². The average molecular weight is 245 g/mol. The van der Waals surface area contributed by atoms with Crippen molar-refractivity contribution >= 4 is 11.9 Å². The summed E-state index contributed by atoms with van der Waals surface area (Å²) in [6, 6.07) is 0. The molecule has 6 nitrogen and oxygen atoms in total. The number of carboxylic acids is 1. The largest absolute Gasteiger partial charge is 0.478 e. The lowest BCUT2D eigenvalue weighted by atomic mass is 10.4. The fraction of sp³-hybridized carbons (Fsp3) is 0.455. The highest BCUT2D eigenvalue weighted by molar-refractivity contribution is 5.86. The Hall–Kier alpha value is -1.66. The van der Waals surface area contributed by atoms with E-state index in [4.69, 9.17) is 14.9 Å². The minimum absolute atomic E-state index is 0.00933. The molecule has 0 aliphatic rings. The van der Waals surface area contributed by atoms with Crippen molar-refractivity contribution in [2.24, 2.45) is 0 Å². The van der Waals surface area contributed by atoms with Gasteiger partial charge in [-0.15, -0.1) is 0 Å². The van der Waals surface area contributed by atoms with E-state index in [2.05, 4.69) is 18.5 Å². The van der Waals surface area contributed by atoms with E-state index in [1.165, 1.54) is 13.0 Å². The minimum atomic E-state index is -0.935. The molecule has 0 fully saturated rings. The fourth-order valence-corrected chi connectivity index (χ4v) is 0.485. The number of amides is 1. The lowest BCUT2D eigenvalue weighted by molar-refractivity contribution is -0.132. The summed E-state index contributed by atoms with van der Waals surface area (Å²) in [5, 5.41) is 18.7. The van der Waals surface area contributed by atoms with Crippen molar-refractivity contribution in [1.82, 2.24) is 5.32 Å². The van der Waals surface area contributed by atoms with Gasteiger partial charge in [0.05, 0.1) is 19.8 Å². The maximum atomic E-state index is 10.5. The minimum Gasteiger partial charge on any atom is -0.478 e. The van der Waals surface area contributed by atoms with Crippen LogP contribution in [0, 0.1) is 0 Å². The van der Waals surface area contributed by atoms with E-state index in [0.29, 0.717) is 19.8 Å². The highest BCUT2D eigenvalue weighted by atomic mass is 16.5. The molecule has 6 heteroatoms. The molecule has 0 saturated heterocycles. The number of ether oxygens (including phenoxy) is 1. The summed E-state index contributed by atoms with van der Waals surface area (Å²) in [5.74, 6) is -1.15. The Morgan fingerprint density at radius 1 is 1.41 bits per heavy atom. The van der Waals surface area contributed by atoms with Gasteiger partial charge in [0.25, 0.3) is 0 Å². The van der Waals surface area contributed by atoms with Crippen molar-refractivity contribution in [3.8, 4) is 0 Å². The first-order valence-corrected chi connectivity index (χ1v) is 4.93. The second kappa shape index (κ2) is 12.4. The SMILES string of the molecule is C=C(C)C(=O)O.C=CC(=O)NCCOCCO. The molecule has 1 amide bonds. The number of rotatable bonds is 7. The first kappa shape index (κ1) is 17.7. The van der Waals surface area contributed by atoms with Gasteiger partial charge in [-0.05, 0) is 13.0 Å². The lowest BCUT2D eigenvalue weighted by Crippen LogP contribution is -2.25. The van der Waals surface area contributed by atoms with E-state index >= 15 is 0 Å². The van der Waals surface area contributed by atoms with Crippen LogP contribution in [0.25, 0.3) is 0 Å². The molecule has 0 aromatic heterocycles. The predicted octanol–water partition coefficient (Wildman–Crippen LogP) is -0.0554. The summed E-state index contributed by atoms with van der Waals surface area (Å²) in [4.78, 5) is 20.1. The summed E-state index contributed by atoms with van der Waals surface area (Å²) in [6.07, 6.45) is 1.20. The van der Waals surface area contributed by atoms with E-state index < -0.39 is 5.97 Å². The van der Waals surface area contributed by atoms with Crippen LogP contribution in [0.2, 0.25) is 0 Å². The Bertz CT molecular complexity index is 251. The second-order valence-corrected chi connectivity index (χ2v) is 2.92. The smallest absolute Gasteiger partial charge is 0.330 e. The van der Waals surface area contributed by atoms with Gasteiger partial charge in [-0.2, -0.15) is 0 Å². The van der Waals surface area contributed by atoms with Crippen molar-refractivity contribution < 1.29 is 24.5 Å². The molecule has 3 N–H and O–H groups in total. The third-order valence-corrected chi connectivity index (χ3v) is 1.33. The number of carboxylic acid groups (broad SMARTS) is 1. The van der Waals surface area contributed by atoms with E-state index in [1.54, 1.807) is 0 Å². The zero-order chi connectivity index (χ0) is 13.7. The van der Waals surface area contributed by atoms with Gasteiger partial charge in [-0.25, -0.2) is 4.79 Å². The normalized spacial score (nSPS) is 8.59. The zero-order valence-corrected chi connectivity index (χ0v) is 9.94. The van der Waals surface area contributed by atoms with Crippen molar-refractivity contribution in [2.45, 2.75) is 6.92 Å².